The number of nitrogens with zero attached hydrogens (tertiary/aromatic N) is 1. The van der Waals surface area contributed by atoms with Crippen molar-refractivity contribution in [2.45, 2.75) is 0 Å². The summed E-state index contributed by atoms with van der Waals surface area (Å²) in [5.74, 6) is 2.59. The van der Waals surface area contributed by atoms with E-state index < -0.39 is 0 Å². The number of nitrogen functional groups attached to an aromatic ring is 1. The lowest BCUT2D eigenvalue weighted by Gasteiger charge is -2.27. The second-order valence-electron chi connectivity index (χ2n) is 3.86. The lowest BCUT2D eigenvalue weighted by Crippen LogP contribution is -2.38. The number of methoxy groups -OCH3 is 1. The molecule has 0 atom stereocenters. The van der Waals surface area contributed by atoms with Gasteiger partial charge in [0.05, 0.1) is 12.7 Å². The molecule has 0 spiro atoms. The van der Waals surface area contributed by atoms with E-state index in [1.54, 1.807) is 25.3 Å². The summed E-state index contributed by atoms with van der Waals surface area (Å²) >= 11 is 1.87. The lowest BCUT2D eigenvalue weighted by atomic mass is 10.1. The second kappa shape index (κ2) is 5.31. The average molecular weight is 252 g/mol. The normalized spacial score (nSPS) is 15.7. The fraction of sp³-hybridized carbons (Fsp3) is 0.417. The molecule has 1 aliphatic heterocycles. The molecule has 0 aliphatic carbocycles. The van der Waals surface area contributed by atoms with E-state index in [1.807, 2.05) is 16.7 Å². The maximum Gasteiger partial charge on any atom is 0.257 e. The van der Waals surface area contributed by atoms with Crippen LogP contribution in [0.3, 0.4) is 0 Å². The second-order valence-corrected chi connectivity index (χ2v) is 5.09. The highest BCUT2D eigenvalue weighted by atomic mass is 32.2. The Morgan fingerprint density at radius 3 is 2.76 bits per heavy atom. The first-order chi connectivity index (χ1) is 8.22. The molecular formula is C12H16N2O2S. The number of hydrogen-bond acceptors (Lipinski definition) is 4. The fourth-order valence-electron chi connectivity index (χ4n) is 1.83. The molecule has 0 saturated carbocycles. The topological polar surface area (TPSA) is 55.6 Å². The van der Waals surface area contributed by atoms with Gasteiger partial charge in [0.25, 0.3) is 5.91 Å². The number of amides is 1. The van der Waals surface area contributed by atoms with Crippen LogP contribution >= 0.6 is 11.8 Å². The van der Waals surface area contributed by atoms with Gasteiger partial charge < -0.3 is 15.4 Å². The van der Waals surface area contributed by atoms with Crippen molar-refractivity contribution < 1.29 is 9.53 Å². The Hall–Kier alpha value is -1.36. The third-order valence-electron chi connectivity index (χ3n) is 2.75. The van der Waals surface area contributed by atoms with E-state index in [0.717, 1.165) is 24.6 Å². The smallest absolute Gasteiger partial charge is 0.257 e. The van der Waals surface area contributed by atoms with Gasteiger partial charge in [-0.15, -0.1) is 0 Å². The zero-order valence-electron chi connectivity index (χ0n) is 9.81. The number of benzene rings is 1. The number of nitrogens with two attached hydrogens (primary N) is 1. The van der Waals surface area contributed by atoms with Crippen molar-refractivity contribution in [2.75, 3.05) is 37.4 Å². The Morgan fingerprint density at radius 1 is 1.41 bits per heavy atom. The summed E-state index contributed by atoms with van der Waals surface area (Å²) in [7, 11) is 1.56. The van der Waals surface area contributed by atoms with E-state index >= 15 is 0 Å². The summed E-state index contributed by atoms with van der Waals surface area (Å²) in [4.78, 5) is 14.2. The molecule has 5 heteroatoms. The molecule has 1 aromatic rings. The highest BCUT2D eigenvalue weighted by Crippen LogP contribution is 2.23. The third kappa shape index (κ3) is 2.66. The van der Waals surface area contributed by atoms with E-state index in [-0.39, 0.29) is 5.91 Å². The molecule has 4 nitrogen and oxygen atoms in total. The van der Waals surface area contributed by atoms with Gasteiger partial charge in [-0.1, -0.05) is 0 Å². The van der Waals surface area contributed by atoms with Gasteiger partial charge in [-0.3, -0.25) is 4.79 Å². The Bertz CT molecular complexity index is 417. The maximum absolute atomic E-state index is 12.3. The van der Waals surface area contributed by atoms with Gasteiger partial charge in [-0.25, -0.2) is 0 Å². The lowest BCUT2D eigenvalue weighted by molar-refractivity contribution is 0.0769. The number of carbonyl (C=O) groups is 1. The molecule has 2 rings (SSSR count). The Balaban J connectivity index is 2.25. The minimum atomic E-state index is 0.00875. The molecule has 17 heavy (non-hydrogen) atoms. The van der Waals surface area contributed by atoms with Crippen LogP contribution in [0.4, 0.5) is 5.69 Å². The van der Waals surface area contributed by atoms with Crippen molar-refractivity contribution in [3.63, 3.8) is 0 Å². The monoisotopic (exact) mass is 252 g/mol. The largest absolute Gasteiger partial charge is 0.496 e. The van der Waals surface area contributed by atoms with E-state index in [1.165, 1.54) is 0 Å². The molecule has 92 valence electrons. The molecule has 2 N–H and O–H groups in total. The molecule has 0 aromatic heterocycles. The van der Waals surface area contributed by atoms with Crippen LogP contribution in [0.1, 0.15) is 10.4 Å². The van der Waals surface area contributed by atoms with Crippen molar-refractivity contribution in [3.8, 4) is 5.75 Å². The predicted molar refractivity (Wildman–Crippen MR) is 70.6 cm³/mol. The zero-order valence-corrected chi connectivity index (χ0v) is 10.6. The van der Waals surface area contributed by atoms with Crippen molar-refractivity contribution in [2.24, 2.45) is 0 Å². The molecule has 0 bridgehead atoms. The molecule has 1 amide bonds. The SMILES string of the molecule is COc1ccc(N)cc1C(=O)N1CCSCC1. The quantitative estimate of drug-likeness (QED) is 0.810. The maximum atomic E-state index is 12.3. The molecule has 0 unspecified atom stereocenters. The summed E-state index contributed by atoms with van der Waals surface area (Å²) < 4.78 is 5.20. The van der Waals surface area contributed by atoms with Gasteiger partial charge >= 0.3 is 0 Å². The number of thioether (sulfide) groups is 1. The zero-order chi connectivity index (χ0) is 12.3. The number of ether oxygens (including phenoxy) is 1. The van der Waals surface area contributed by atoms with Crippen molar-refractivity contribution in [1.29, 1.82) is 0 Å². The van der Waals surface area contributed by atoms with Crippen LogP contribution in [0, 0.1) is 0 Å². The van der Waals surface area contributed by atoms with Crippen molar-refractivity contribution in [1.82, 2.24) is 4.90 Å². The molecular weight excluding hydrogens is 236 g/mol. The molecule has 1 saturated heterocycles. The molecule has 1 aromatic carbocycles. The average Bonchev–Trinajstić information content (AvgIpc) is 2.39. The highest BCUT2D eigenvalue weighted by Gasteiger charge is 2.21. The van der Waals surface area contributed by atoms with E-state index in [9.17, 15) is 4.79 Å². The Morgan fingerprint density at radius 2 is 2.12 bits per heavy atom. The fourth-order valence-corrected chi connectivity index (χ4v) is 2.73. The van der Waals surface area contributed by atoms with Crippen LogP contribution in [0.25, 0.3) is 0 Å². The van der Waals surface area contributed by atoms with Crippen LogP contribution < -0.4 is 10.5 Å². The van der Waals surface area contributed by atoms with Gasteiger partial charge in [-0.05, 0) is 18.2 Å². The summed E-state index contributed by atoms with van der Waals surface area (Å²) in [6.07, 6.45) is 0. The number of rotatable bonds is 2. The molecule has 1 aliphatic rings. The molecule has 1 heterocycles. The Labute approximate surface area is 105 Å². The van der Waals surface area contributed by atoms with Crippen LogP contribution in [-0.4, -0.2) is 42.5 Å². The van der Waals surface area contributed by atoms with Gasteiger partial charge in [0.2, 0.25) is 0 Å². The summed E-state index contributed by atoms with van der Waals surface area (Å²) in [5, 5.41) is 0. The standard InChI is InChI=1S/C12H16N2O2S/c1-16-11-3-2-9(13)8-10(11)12(15)14-4-6-17-7-5-14/h2-3,8H,4-7,13H2,1H3. The van der Waals surface area contributed by atoms with E-state index in [4.69, 9.17) is 10.5 Å². The first-order valence-corrected chi connectivity index (χ1v) is 6.68. The van der Waals surface area contributed by atoms with Crippen molar-refractivity contribution >= 4 is 23.4 Å². The molecule has 1 fully saturated rings. The van der Waals surface area contributed by atoms with Gasteiger partial charge in [0.15, 0.2) is 0 Å². The predicted octanol–water partition coefficient (Wildman–Crippen LogP) is 1.47. The first-order valence-electron chi connectivity index (χ1n) is 5.53. The van der Waals surface area contributed by atoms with E-state index in [0.29, 0.717) is 17.0 Å². The van der Waals surface area contributed by atoms with Gasteiger partial charge in [0, 0.05) is 30.3 Å². The van der Waals surface area contributed by atoms with Gasteiger partial charge in [0.1, 0.15) is 5.75 Å². The number of carbonyl (C=O) groups excluding carboxylic acids is 1. The van der Waals surface area contributed by atoms with Gasteiger partial charge in [-0.2, -0.15) is 11.8 Å². The highest BCUT2D eigenvalue weighted by molar-refractivity contribution is 7.99. The summed E-state index contributed by atoms with van der Waals surface area (Å²) in [5.41, 5.74) is 6.86. The minimum absolute atomic E-state index is 0.00875. The number of hydrogen-bond donors (Lipinski definition) is 1. The third-order valence-corrected chi connectivity index (χ3v) is 3.69. The first kappa shape index (κ1) is 12.1. The Kier molecular flexibility index (Phi) is 3.78. The van der Waals surface area contributed by atoms with Crippen LogP contribution in [0.5, 0.6) is 5.75 Å². The van der Waals surface area contributed by atoms with Crippen LogP contribution in [0.2, 0.25) is 0 Å². The van der Waals surface area contributed by atoms with E-state index in [2.05, 4.69) is 0 Å². The van der Waals surface area contributed by atoms with Crippen LogP contribution in [0.15, 0.2) is 18.2 Å². The minimum Gasteiger partial charge on any atom is -0.496 e. The van der Waals surface area contributed by atoms with Crippen LogP contribution in [-0.2, 0) is 0 Å². The van der Waals surface area contributed by atoms with Crippen molar-refractivity contribution in [3.05, 3.63) is 23.8 Å². The summed E-state index contributed by atoms with van der Waals surface area (Å²) in [6.45, 7) is 1.59. The summed E-state index contributed by atoms with van der Waals surface area (Å²) in [6, 6.07) is 5.16. The number of anilines is 1. The molecule has 0 radical (unpaired) electrons.